The molecule has 90 heavy (non-hydrogen) atoms. The van der Waals surface area contributed by atoms with Crippen LogP contribution < -0.4 is 9.80 Å². The number of nitrogens with zero attached hydrogens (tertiary/aromatic N) is 4. The molecule has 0 aliphatic carbocycles. The maximum absolute atomic E-state index is 2.66. The van der Waals surface area contributed by atoms with Crippen LogP contribution in [-0.4, -0.2) is 47.8 Å². The number of allylic oxidation sites excluding steroid dienone is 10. The van der Waals surface area contributed by atoms with E-state index in [0.717, 1.165) is 64.5 Å². The van der Waals surface area contributed by atoms with Gasteiger partial charge in [-0.25, -0.2) is 0 Å². The third kappa shape index (κ3) is 9.72. The van der Waals surface area contributed by atoms with Gasteiger partial charge in [0, 0.05) is 95.9 Å². The lowest BCUT2D eigenvalue weighted by Crippen LogP contribution is -2.34. The molecule has 4 aliphatic rings. The molecule has 0 fully saturated rings. The Hall–Kier alpha value is -9.12. The number of hydrogen-bond donors (Lipinski definition) is 0. The van der Waals surface area contributed by atoms with Crippen molar-refractivity contribution in [1.82, 2.24) is 0 Å². The van der Waals surface area contributed by atoms with Crippen molar-refractivity contribution in [1.29, 1.82) is 0 Å². The van der Waals surface area contributed by atoms with E-state index in [4.69, 9.17) is 0 Å². The van der Waals surface area contributed by atoms with E-state index in [1.807, 2.05) is 0 Å². The first-order valence-corrected chi connectivity index (χ1v) is 33.3. The van der Waals surface area contributed by atoms with Gasteiger partial charge < -0.3 is 9.80 Å². The zero-order chi connectivity index (χ0) is 61.8. The van der Waals surface area contributed by atoms with Gasteiger partial charge in [0.1, 0.15) is 13.1 Å². The molecule has 4 unspecified atom stereocenters. The second-order valence-electron chi connectivity index (χ2n) is 27.0. The number of likely N-dealkylation sites (N-methyl/N-ethyl adjacent to an activating group) is 2. The highest BCUT2D eigenvalue weighted by molar-refractivity contribution is 6.10. The lowest BCUT2D eigenvalue weighted by molar-refractivity contribution is -0.438. The molecule has 0 amide bonds. The molecule has 4 atom stereocenters. The van der Waals surface area contributed by atoms with E-state index in [9.17, 15) is 0 Å². The van der Waals surface area contributed by atoms with Crippen LogP contribution in [0.4, 0.5) is 22.7 Å². The Morgan fingerprint density at radius 3 is 1.07 bits per heavy atom. The molecular formula is C86H86N4+2. The quantitative estimate of drug-likeness (QED) is 0.0627. The fourth-order valence-corrected chi connectivity index (χ4v) is 16.9. The van der Waals surface area contributed by atoms with Crippen LogP contribution in [0, 0.1) is 0 Å². The van der Waals surface area contributed by atoms with Crippen LogP contribution in [-0.2, 0) is 34.5 Å². The van der Waals surface area contributed by atoms with Crippen molar-refractivity contribution in [3.63, 3.8) is 0 Å². The van der Waals surface area contributed by atoms with E-state index in [2.05, 4.69) is 329 Å². The number of unbranched alkanes of at least 4 members (excludes halogenated alkanes) is 2. The van der Waals surface area contributed by atoms with E-state index in [-0.39, 0.29) is 21.7 Å². The summed E-state index contributed by atoms with van der Waals surface area (Å²) in [6, 6.07) is 77.2. The molecule has 10 aromatic rings. The van der Waals surface area contributed by atoms with E-state index in [1.54, 1.807) is 0 Å². The van der Waals surface area contributed by atoms with Gasteiger partial charge in [-0.1, -0.05) is 221 Å². The minimum atomic E-state index is -0.336. The number of anilines is 2. The number of benzene rings is 10. The van der Waals surface area contributed by atoms with Crippen molar-refractivity contribution in [2.24, 2.45) is 0 Å². The Bertz CT molecular complexity index is 4370. The van der Waals surface area contributed by atoms with Crippen molar-refractivity contribution in [2.75, 3.05) is 37.0 Å². The first-order chi connectivity index (χ1) is 43.9. The second-order valence-corrected chi connectivity index (χ2v) is 27.0. The maximum atomic E-state index is 2.66. The first kappa shape index (κ1) is 58.6. The lowest BCUT2D eigenvalue weighted by atomic mass is 9.72. The van der Waals surface area contributed by atoms with Crippen LogP contribution in [0.3, 0.4) is 0 Å². The Morgan fingerprint density at radius 2 is 0.700 bits per heavy atom. The van der Waals surface area contributed by atoms with E-state index >= 15 is 0 Å². The number of rotatable bonds is 18. The van der Waals surface area contributed by atoms with Gasteiger partial charge in [0.05, 0.1) is 10.8 Å². The van der Waals surface area contributed by atoms with Gasteiger partial charge in [0.15, 0.2) is 11.4 Å². The van der Waals surface area contributed by atoms with Crippen LogP contribution in [0.15, 0.2) is 266 Å². The monoisotopic (exact) mass is 1170 g/mol. The zero-order valence-corrected chi connectivity index (χ0v) is 54.1. The maximum Gasteiger partial charge on any atom is 0.210 e. The molecule has 4 heterocycles. The molecule has 4 aliphatic heterocycles. The van der Waals surface area contributed by atoms with E-state index < -0.39 is 0 Å². The summed E-state index contributed by atoms with van der Waals surface area (Å²) in [6.45, 7) is 16.6. The molecule has 448 valence electrons. The zero-order valence-electron chi connectivity index (χ0n) is 54.1. The van der Waals surface area contributed by atoms with E-state index in [1.165, 1.54) is 122 Å². The molecule has 10 aromatic carbocycles. The van der Waals surface area contributed by atoms with Crippen molar-refractivity contribution in [3.05, 3.63) is 300 Å². The third-order valence-corrected chi connectivity index (χ3v) is 21.2. The highest BCUT2D eigenvalue weighted by atomic mass is 15.2. The predicted octanol–water partition coefficient (Wildman–Crippen LogP) is 20.8. The molecule has 0 radical (unpaired) electrons. The first-order valence-electron chi connectivity index (χ1n) is 33.3. The Labute approximate surface area is 534 Å². The standard InChI is InChI=1S/C86H86N4/c1-9-11-57-89-73-53-49-65-37-21-25-41-69(65)81(73)85(5,59-61-31-15-13-16-32-61)77(89)45-29-43-75-83(3,79-67-39-23-19-35-63(67)47-51-71(79)87(75)7)55-27-28-56-84(4)76(88(8)72-52-48-64-36-20-24-40-68(64)80(72)84)44-30-46-78-86(6,60-62-33-17-14-18-34-62)82-70-42-26-22-38-66(70)50-54-74(82)90(78)58-12-10-2/h13-54H,9-12,55-60H2,1-8H3/q+2. The third-order valence-electron chi connectivity index (χ3n) is 21.2. The summed E-state index contributed by atoms with van der Waals surface area (Å²) >= 11 is 0. The van der Waals surface area contributed by atoms with Crippen molar-refractivity contribution in [3.8, 4) is 0 Å². The Kier molecular flexibility index (Phi) is 15.4. The van der Waals surface area contributed by atoms with Gasteiger partial charge >= 0.3 is 0 Å². The number of hydrogen-bond acceptors (Lipinski definition) is 2. The summed E-state index contributed by atoms with van der Waals surface area (Å²) in [5.41, 5.74) is 17.8. The lowest BCUT2D eigenvalue weighted by Gasteiger charge is -2.30. The Balaban J connectivity index is 0.854. The van der Waals surface area contributed by atoms with Gasteiger partial charge in [0.25, 0.3) is 0 Å². The van der Waals surface area contributed by atoms with Gasteiger partial charge in [-0.2, -0.15) is 9.15 Å². The topological polar surface area (TPSA) is 12.5 Å². The molecule has 0 aromatic heterocycles. The smallest absolute Gasteiger partial charge is 0.210 e. The van der Waals surface area contributed by atoms with E-state index in [0.29, 0.717) is 0 Å². The molecule has 4 heteroatoms. The molecule has 0 bridgehead atoms. The molecule has 0 saturated heterocycles. The minimum absolute atomic E-state index is 0.265. The fourth-order valence-electron chi connectivity index (χ4n) is 16.9. The normalized spacial score (nSPS) is 22.2. The van der Waals surface area contributed by atoms with Gasteiger partial charge in [-0.15, -0.1) is 0 Å². The molecular weight excluding hydrogens is 1090 g/mol. The SMILES string of the molecule is CCCC[N+]1=C(C=CC=C2N(C)c3ccc4ccccc4c3C2(C)CC=CCC2(C)C(=CC=CC3=[N+](CCCC)c4ccc5ccccc5c4C3(C)Cc3ccccc3)N(C)c3ccc4ccccc4c32)C(C)(Cc2ccccc2)c2c1ccc1ccccc21. The van der Waals surface area contributed by atoms with Gasteiger partial charge in [0.2, 0.25) is 11.4 Å². The van der Waals surface area contributed by atoms with Gasteiger partial charge in [-0.3, -0.25) is 0 Å². The average molecular weight is 1180 g/mol. The van der Waals surface area contributed by atoms with Crippen molar-refractivity contribution in [2.45, 2.75) is 115 Å². The molecule has 0 spiro atoms. The predicted molar refractivity (Wildman–Crippen MR) is 385 cm³/mol. The van der Waals surface area contributed by atoms with Crippen molar-refractivity contribution >= 4 is 77.3 Å². The van der Waals surface area contributed by atoms with Crippen LogP contribution in [0.5, 0.6) is 0 Å². The summed E-state index contributed by atoms with van der Waals surface area (Å²) in [5.74, 6) is 0. The average Bonchev–Trinajstić information content (AvgIpc) is 1.60. The van der Waals surface area contributed by atoms with Crippen LogP contribution in [0.1, 0.15) is 113 Å². The summed E-state index contributed by atoms with van der Waals surface area (Å²) in [7, 11) is 4.58. The number of fused-ring (bicyclic) bond motifs is 12. The summed E-state index contributed by atoms with van der Waals surface area (Å²) in [4.78, 5) is 4.97. The van der Waals surface area contributed by atoms with Crippen LogP contribution >= 0.6 is 0 Å². The highest BCUT2D eigenvalue weighted by Crippen LogP contribution is 2.55. The minimum Gasteiger partial charge on any atom is -0.347 e. The summed E-state index contributed by atoms with van der Waals surface area (Å²) in [6.07, 6.45) is 27.7. The summed E-state index contributed by atoms with van der Waals surface area (Å²) in [5, 5.41) is 10.5. The summed E-state index contributed by atoms with van der Waals surface area (Å²) < 4.78 is 5.32. The Morgan fingerprint density at radius 1 is 0.367 bits per heavy atom. The molecule has 4 nitrogen and oxygen atoms in total. The molecule has 0 saturated carbocycles. The van der Waals surface area contributed by atoms with Gasteiger partial charge in [-0.05, 0) is 155 Å². The van der Waals surface area contributed by atoms with Crippen LogP contribution in [0.2, 0.25) is 0 Å². The van der Waals surface area contributed by atoms with Crippen LogP contribution in [0.25, 0.3) is 43.1 Å². The molecule has 0 N–H and O–H groups in total. The largest absolute Gasteiger partial charge is 0.347 e. The molecule has 14 rings (SSSR count). The second kappa shape index (κ2) is 23.7. The highest BCUT2D eigenvalue weighted by Gasteiger charge is 2.51. The van der Waals surface area contributed by atoms with Crippen molar-refractivity contribution < 1.29 is 9.15 Å². The fraction of sp³-hybridized carbons (Fsp3) is 0.256.